The number of amides is 1. The molecule has 0 aromatic rings. The molecule has 0 radical (unpaired) electrons. The van der Waals surface area contributed by atoms with Gasteiger partial charge in [0.1, 0.15) is 0 Å². The van der Waals surface area contributed by atoms with Gasteiger partial charge < -0.3 is 20.3 Å². The molecule has 0 fully saturated rings. The Morgan fingerprint density at radius 1 is 0.443 bits per heavy atom. The second-order valence-electron chi connectivity index (χ2n) is 18.2. The molecule has 6 heteroatoms. The van der Waals surface area contributed by atoms with Crippen LogP contribution in [0.4, 0.5) is 0 Å². The molecule has 2 unspecified atom stereocenters. The maximum atomic E-state index is 12.4. The summed E-state index contributed by atoms with van der Waals surface area (Å²) in [7, 11) is 0. The van der Waals surface area contributed by atoms with Gasteiger partial charge in [-0.2, -0.15) is 0 Å². The van der Waals surface area contributed by atoms with Crippen molar-refractivity contribution in [1.29, 1.82) is 0 Å². The van der Waals surface area contributed by atoms with E-state index in [1.807, 2.05) is 6.08 Å². The highest BCUT2D eigenvalue weighted by Gasteiger charge is 2.18. The summed E-state index contributed by atoms with van der Waals surface area (Å²) in [4.78, 5) is 24.5. The lowest BCUT2D eigenvalue weighted by molar-refractivity contribution is -0.143. The van der Waals surface area contributed by atoms with Gasteiger partial charge >= 0.3 is 5.97 Å². The van der Waals surface area contributed by atoms with E-state index >= 15 is 0 Å². The van der Waals surface area contributed by atoms with E-state index in [0.29, 0.717) is 19.4 Å². The second-order valence-corrected chi connectivity index (χ2v) is 18.2. The zero-order valence-electron chi connectivity index (χ0n) is 40.6. The van der Waals surface area contributed by atoms with E-state index in [1.165, 1.54) is 167 Å². The molecule has 0 aliphatic carbocycles. The molecule has 358 valence electrons. The van der Waals surface area contributed by atoms with Crippen LogP contribution in [0.2, 0.25) is 0 Å². The van der Waals surface area contributed by atoms with Gasteiger partial charge in [0, 0.05) is 12.8 Å². The number of aliphatic hydroxyl groups excluding tert-OH is 2. The van der Waals surface area contributed by atoms with Gasteiger partial charge in [0.15, 0.2) is 0 Å². The van der Waals surface area contributed by atoms with Crippen LogP contribution < -0.4 is 5.32 Å². The van der Waals surface area contributed by atoms with E-state index in [0.717, 1.165) is 83.5 Å². The zero-order valence-corrected chi connectivity index (χ0v) is 40.6. The molecule has 0 bridgehead atoms. The number of hydrogen-bond donors (Lipinski definition) is 3. The van der Waals surface area contributed by atoms with Gasteiger partial charge in [-0.3, -0.25) is 9.59 Å². The molecule has 3 N–H and O–H groups in total. The van der Waals surface area contributed by atoms with Crippen LogP contribution in [-0.4, -0.2) is 47.4 Å². The maximum Gasteiger partial charge on any atom is 0.305 e. The number of allylic oxidation sites excluding steroid dienone is 5. The van der Waals surface area contributed by atoms with Gasteiger partial charge in [-0.15, -0.1) is 0 Å². The van der Waals surface area contributed by atoms with Gasteiger partial charge in [0.05, 0.1) is 25.4 Å². The Kier molecular flexibility index (Phi) is 49.1. The van der Waals surface area contributed by atoms with Gasteiger partial charge in [-0.25, -0.2) is 0 Å². The molecule has 0 saturated heterocycles. The highest BCUT2D eigenvalue weighted by atomic mass is 16.5. The van der Waals surface area contributed by atoms with Crippen molar-refractivity contribution in [3.8, 4) is 0 Å². The number of carbonyl (C=O) groups is 2. The van der Waals surface area contributed by atoms with Crippen LogP contribution >= 0.6 is 0 Å². The Balaban J connectivity index is 3.54. The van der Waals surface area contributed by atoms with Crippen molar-refractivity contribution < 1.29 is 24.5 Å². The summed E-state index contributed by atoms with van der Waals surface area (Å²) in [5.41, 5.74) is 0. The van der Waals surface area contributed by atoms with Crippen LogP contribution in [0.1, 0.15) is 277 Å². The van der Waals surface area contributed by atoms with Crippen LogP contribution in [0.3, 0.4) is 0 Å². The fourth-order valence-corrected chi connectivity index (χ4v) is 7.97. The van der Waals surface area contributed by atoms with E-state index in [1.54, 1.807) is 6.08 Å². The highest BCUT2D eigenvalue weighted by molar-refractivity contribution is 5.76. The van der Waals surface area contributed by atoms with E-state index in [2.05, 4.69) is 43.5 Å². The van der Waals surface area contributed by atoms with Gasteiger partial charge in [-0.1, -0.05) is 211 Å². The van der Waals surface area contributed by atoms with Crippen molar-refractivity contribution in [1.82, 2.24) is 5.32 Å². The van der Waals surface area contributed by atoms with Crippen LogP contribution in [0.15, 0.2) is 36.5 Å². The number of aliphatic hydroxyl groups is 2. The molecule has 0 heterocycles. The first kappa shape index (κ1) is 59.1. The standard InChI is InChI=1S/C55H103NO5/c1-3-5-7-9-11-13-15-17-19-21-23-27-31-35-39-43-47-53(58)52(51-57)56-54(59)48-44-40-36-32-28-25-26-30-34-38-42-46-50-61-55(60)49-45-41-37-33-29-24-22-20-18-16-14-12-10-8-6-4-2/h20,22,26,30,43,47,52-53,57-58H,3-19,21,23-25,27-29,31-42,44-46,48-51H2,1-2H3,(H,56,59)/b22-20-,30-26-,47-43+. The maximum absolute atomic E-state index is 12.4. The quantitative estimate of drug-likeness (QED) is 0.0322. The smallest absolute Gasteiger partial charge is 0.305 e. The van der Waals surface area contributed by atoms with E-state index < -0.39 is 12.1 Å². The van der Waals surface area contributed by atoms with Crippen molar-refractivity contribution in [3.05, 3.63) is 36.5 Å². The molecular formula is C55H103NO5. The second kappa shape index (κ2) is 50.7. The molecule has 1 amide bonds. The number of esters is 1. The summed E-state index contributed by atoms with van der Waals surface area (Å²) in [6, 6.07) is -0.647. The summed E-state index contributed by atoms with van der Waals surface area (Å²) in [6.07, 6.45) is 61.5. The number of rotatable bonds is 49. The van der Waals surface area contributed by atoms with E-state index in [-0.39, 0.29) is 18.5 Å². The van der Waals surface area contributed by atoms with Crippen LogP contribution in [-0.2, 0) is 14.3 Å². The lowest BCUT2D eigenvalue weighted by Crippen LogP contribution is -2.45. The zero-order chi connectivity index (χ0) is 44.4. The van der Waals surface area contributed by atoms with Crippen LogP contribution in [0, 0.1) is 0 Å². The Morgan fingerprint density at radius 2 is 0.770 bits per heavy atom. The Morgan fingerprint density at radius 3 is 1.16 bits per heavy atom. The Labute approximate surface area is 379 Å². The monoisotopic (exact) mass is 858 g/mol. The molecule has 0 aliphatic rings. The minimum absolute atomic E-state index is 0.0321. The summed E-state index contributed by atoms with van der Waals surface area (Å²) in [6.45, 7) is 4.84. The van der Waals surface area contributed by atoms with Crippen molar-refractivity contribution >= 4 is 11.9 Å². The Hall–Kier alpha value is -1.92. The van der Waals surface area contributed by atoms with Crippen LogP contribution in [0.25, 0.3) is 0 Å². The molecule has 6 nitrogen and oxygen atoms in total. The average molecular weight is 858 g/mol. The number of carbonyl (C=O) groups excluding carboxylic acids is 2. The predicted octanol–water partition coefficient (Wildman–Crippen LogP) is 16.1. The van der Waals surface area contributed by atoms with Gasteiger partial charge in [0.2, 0.25) is 5.91 Å². The third-order valence-corrected chi connectivity index (χ3v) is 12.1. The number of unbranched alkanes of at least 4 members (excludes halogenated alkanes) is 34. The van der Waals surface area contributed by atoms with E-state index in [9.17, 15) is 19.8 Å². The largest absolute Gasteiger partial charge is 0.466 e. The third kappa shape index (κ3) is 47.4. The van der Waals surface area contributed by atoms with Gasteiger partial charge in [0.25, 0.3) is 0 Å². The first-order valence-corrected chi connectivity index (χ1v) is 26.8. The summed E-state index contributed by atoms with van der Waals surface area (Å²) in [5, 5.41) is 23.1. The molecule has 0 rings (SSSR count). The molecule has 0 aromatic heterocycles. The number of hydrogen-bond acceptors (Lipinski definition) is 5. The van der Waals surface area contributed by atoms with Crippen molar-refractivity contribution in [2.45, 2.75) is 289 Å². The minimum Gasteiger partial charge on any atom is -0.466 e. The topological polar surface area (TPSA) is 95.9 Å². The molecule has 0 saturated carbocycles. The number of nitrogens with one attached hydrogen (secondary N) is 1. The minimum atomic E-state index is -0.861. The first-order chi connectivity index (χ1) is 30.0. The predicted molar refractivity (Wildman–Crippen MR) is 264 cm³/mol. The van der Waals surface area contributed by atoms with Crippen molar-refractivity contribution in [3.63, 3.8) is 0 Å². The van der Waals surface area contributed by atoms with Crippen molar-refractivity contribution in [2.75, 3.05) is 13.2 Å². The normalized spacial score (nSPS) is 12.9. The lowest BCUT2D eigenvalue weighted by atomic mass is 10.0. The third-order valence-electron chi connectivity index (χ3n) is 12.1. The van der Waals surface area contributed by atoms with Gasteiger partial charge in [-0.05, 0) is 89.9 Å². The fraction of sp³-hybridized carbons (Fsp3) is 0.855. The molecule has 0 spiro atoms. The fourth-order valence-electron chi connectivity index (χ4n) is 7.97. The summed E-state index contributed by atoms with van der Waals surface area (Å²) < 4.78 is 5.44. The lowest BCUT2D eigenvalue weighted by Gasteiger charge is -2.20. The number of ether oxygens (including phenoxy) is 1. The first-order valence-electron chi connectivity index (χ1n) is 26.8. The molecular weight excluding hydrogens is 755 g/mol. The Bertz CT molecular complexity index is 993. The molecule has 0 aliphatic heterocycles. The van der Waals surface area contributed by atoms with E-state index in [4.69, 9.17) is 4.74 Å². The van der Waals surface area contributed by atoms with Crippen molar-refractivity contribution in [2.24, 2.45) is 0 Å². The van der Waals surface area contributed by atoms with Crippen LogP contribution in [0.5, 0.6) is 0 Å². The summed E-state index contributed by atoms with van der Waals surface area (Å²) in [5.74, 6) is -0.126. The SMILES string of the molecule is CCCCCCCCC/C=C\CCCCCCCC(=O)OCCCCC/C=C\CCCCCCCC(=O)NC(CO)C(O)/C=C/CCCCCCCCCCCCCCCC. The average Bonchev–Trinajstić information content (AvgIpc) is 3.26. The molecule has 2 atom stereocenters. The molecule has 61 heavy (non-hydrogen) atoms. The molecule has 0 aromatic carbocycles. The summed E-state index contributed by atoms with van der Waals surface area (Å²) >= 11 is 0. The highest BCUT2D eigenvalue weighted by Crippen LogP contribution is 2.15.